The quantitative estimate of drug-likeness (QED) is 0.100. The minimum atomic E-state index is -0.399. The number of amides is 2. The third-order valence-electron chi connectivity index (χ3n) is 9.21. The number of nitrogens with zero attached hydrogens (tertiary/aromatic N) is 4. The zero-order valence-corrected chi connectivity index (χ0v) is 30.7. The highest BCUT2D eigenvalue weighted by atomic mass is 32.1. The fourth-order valence-corrected chi connectivity index (χ4v) is 6.99. The molecule has 0 atom stereocenters. The van der Waals surface area contributed by atoms with Crippen molar-refractivity contribution >= 4 is 56.3 Å². The Kier molecular flexibility index (Phi) is 9.97. The number of methoxy groups -OCH3 is 1. The summed E-state index contributed by atoms with van der Waals surface area (Å²) in [6.45, 7) is 12.3. The molecule has 266 valence electrons. The highest BCUT2D eigenvalue weighted by Gasteiger charge is 2.23. The summed E-state index contributed by atoms with van der Waals surface area (Å²) in [4.78, 5) is 30.1. The molecule has 0 spiro atoms. The van der Waals surface area contributed by atoms with Crippen molar-refractivity contribution in [3.8, 4) is 17.4 Å². The summed E-state index contributed by atoms with van der Waals surface area (Å²) in [7, 11) is 1.61. The average molecular weight is 707 g/mol. The topological polar surface area (TPSA) is 126 Å². The van der Waals surface area contributed by atoms with Gasteiger partial charge in [-0.05, 0) is 86.9 Å². The summed E-state index contributed by atoms with van der Waals surface area (Å²) >= 11 is 1.57. The molecule has 2 aromatic heterocycles. The van der Waals surface area contributed by atoms with Crippen molar-refractivity contribution in [1.29, 1.82) is 0 Å². The van der Waals surface area contributed by atoms with Crippen LogP contribution in [-0.4, -0.2) is 52.6 Å². The number of aryl methyl sites for hydroxylation is 1. The minimum Gasteiger partial charge on any atom is -0.492 e. The van der Waals surface area contributed by atoms with Crippen LogP contribution in [0.25, 0.3) is 10.8 Å². The van der Waals surface area contributed by atoms with Crippen molar-refractivity contribution in [2.24, 2.45) is 5.92 Å². The van der Waals surface area contributed by atoms with E-state index in [2.05, 4.69) is 68.4 Å². The Morgan fingerprint density at radius 2 is 1.69 bits per heavy atom. The van der Waals surface area contributed by atoms with E-state index < -0.39 is 6.03 Å². The number of anilines is 5. The standard InChI is InChI=1S/C39H46N8O3S/c1-24-18-34(46-36(41-24)40-21-25-12-13-25)50-33-15-14-30(28-10-6-7-11-29(28)33)43-37(48)44-31-19-26(39(2,3)4)20-32(35(31)49-5)45-38-42-27(23-51-38)22-47-16-8-9-17-47/h6-7,10-11,14-15,18-20,23,25H,8-9,12-13,16-17,21-22H2,1-5H3,(H,42,45)(H,40,41,46)(H2,43,44,48). The number of likely N-dealkylation sites (tertiary alicyclic amines) is 1. The molecule has 1 saturated carbocycles. The van der Waals surface area contributed by atoms with Crippen molar-refractivity contribution in [3.05, 3.63) is 76.9 Å². The molecule has 11 nitrogen and oxygen atoms in total. The molecule has 3 heterocycles. The number of rotatable bonds is 12. The lowest BCUT2D eigenvalue weighted by Gasteiger charge is -2.24. The molecule has 2 fully saturated rings. The maximum Gasteiger partial charge on any atom is 0.323 e. The first-order chi connectivity index (χ1) is 24.6. The summed E-state index contributed by atoms with van der Waals surface area (Å²) in [6, 6.07) is 17.0. The van der Waals surface area contributed by atoms with E-state index in [4.69, 9.17) is 14.5 Å². The van der Waals surface area contributed by atoms with Gasteiger partial charge in [0, 0.05) is 41.0 Å². The van der Waals surface area contributed by atoms with E-state index in [0.717, 1.165) is 64.7 Å². The highest BCUT2D eigenvalue weighted by Crippen LogP contribution is 2.41. The predicted molar refractivity (Wildman–Crippen MR) is 206 cm³/mol. The van der Waals surface area contributed by atoms with E-state index >= 15 is 0 Å². The molecule has 51 heavy (non-hydrogen) atoms. The number of benzene rings is 3. The Bertz CT molecular complexity index is 2030. The van der Waals surface area contributed by atoms with E-state index in [-0.39, 0.29) is 5.41 Å². The summed E-state index contributed by atoms with van der Waals surface area (Å²) in [5, 5.41) is 17.5. The Labute approximate surface area is 303 Å². The number of nitrogens with one attached hydrogen (secondary N) is 4. The molecule has 7 rings (SSSR count). The van der Waals surface area contributed by atoms with Crippen LogP contribution >= 0.6 is 11.3 Å². The highest BCUT2D eigenvalue weighted by molar-refractivity contribution is 7.13. The number of thiazole rings is 1. The van der Waals surface area contributed by atoms with Gasteiger partial charge < -0.3 is 30.7 Å². The van der Waals surface area contributed by atoms with Gasteiger partial charge in [0.05, 0.1) is 29.9 Å². The SMILES string of the molecule is COc1c(NC(=O)Nc2ccc(Oc3cc(C)nc(NCC4CC4)n3)c3ccccc23)cc(C(C)(C)C)cc1Nc1nc(CN2CCCC2)cs1. The van der Waals surface area contributed by atoms with Crippen molar-refractivity contribution in [1.82, 2.24) is 19.9 Å². The Morgan fingerprint density at radius 3 is 2.43 bits per heavy atom. The number of ether oxygens (including phenoxy) is 2. The molecule has 2 aliphatic rings. The number of hydrogen-bond acceptors (Lipinski definition) is 10. The van der Waals surface area contributed by atoms with Crippen LogP contribution in [0.3, 0.4) is 0 Å². The summed E-state index contributed by atoms with van der Waals surface area (Å²) in [5.74, 6) is 2.87. The Morgan fingerprint density at radius 1 is 0.941 bits per heavy atom. The molecule has 0 radical (unpaired) electrons. The fourth-order valence-electron chi connectivity index (χ4n) is 6.28. The smallest absolute Gasteiger partial charge is 0.323 e. The summed E-state index contributed by atoms with van der Waals surface area (Å²) in [5.41, 5.74) is 4.63. The van der Waals surface area contributed by atoms with Crippen LogP contribution in [0.5, 0.6) is 17.4 Å². The number of aromatic nitrogens is 3. The summed E-state index contributed by atoms with van der Waals surface area (Å²) in [6.07, 6.45) is 4.98. The Hall–Kier alpha value is -4.94. The first kappa shape index (κ1) is 34.5. The van der Waals surface area contributed by atoms with Gasteiger partial charge in [-0.25, -0.2) is 14.8 Å². The van der Waals surface area contributed by atoms with E-state index in [1.807, 2.05) is 55.5 Å². The lowest BCUT2D eigenvalue weighted by Crippen LogP contribution is -2.21. The fraction of sp³-hybridized carbons (Fsp3) is 0.385. The molecule has 1 aliphatic carbocycles. The zero-order chi connectivity index (χ0) is 35.5. The average Bonchev–Trinajstić information content (AvgIpc) is 3.59. The van der Waals surface area contributed by atoms with Crippen LogP contribution < -0.4 is 30.7 Å². The molecule has 3 aromatic carbocycles. The third-order valence-corrected chi connectivity index (χ3v) is 10.0. The molecule has 5 aromatic rings. The van der Waals surface area contributed by atoms with Gasteiger partial charge in [0.1, 0.15) is 5.75 Å². The van der Waals surface area contributed by atoms with Crippen LogP contribution in [0.2, 0.25) is 0 Å². The second-order valence-corrected chi connectivity index (χ2v) is 15.3. The van der Waals surface area contributed by atoms with E-state index in [1.165, 1.54) is 25.7 Å². The molecule has 0 bridgehead atoms. The van der Waals surface area contributed by atoms with Crippen LogP contribution in [0.4, 0.5) is 32.9 Å². The molecule has 4 N–H and O–H groups in total. The minimum absolute atomic E-state index is 0.193. The van der Waals surface area contributed by atoms with Gasteiger partial charge in [0.15, 0.2) is 10.9 Å². The first-order valence-electron chi connectivity index (χ1n) is 17.6. The molecular formula is C39H46N8O3S. The molecule has 2 amide bonds. The normalized spacial score (nSPS) is 14.8. The van der Waals surface area contributed by atoms with Crippen LogP contribution in [0.1, 0.15) is 63.4 Å². The second-order valence-electron chi connectivity index (χ2n) is 14.4. The molecule has 0 unspecified atom stereocenters. The maximum absolute atomic E-state index is 13.7. The van der Waals surface area contributed by atoms with Gasteiger partial charge in [-0.3, -0.25) is 4.90 Å². The number of fused-ring (bicyclic) bond motifs is 1. The number of carbonyl (C=O) groups excluding carboxylic acids is 1. The van der Waals surface area contributed by atoms with Gasteiger partial charge in [-0.1, -0.05) is 45.0 Å². The zero-order valence-electron chi connectivity index (χ0n) is 29.9. The largest absolute Gasteiger partial charge is 0.492 e. The van der Waals surface area contributed by atoms with Crippen molar-refractivity contribution in [2.45, 2.75) is 65.3 Å². The second kappa shape index (κ2) is 14.7. The van der Waals surface area contributed by atoms with Crippen LogP contribution in [-0.2, 0) is 12.0 Å². The van der Waals surface area contributed by atoms with Gasteiger partial charge in [0.2, 0.25) is 11.8 Å². The first-order valence-corrected chi connectivity index (χ1v) is 18.5. The number of hydrogen-bond donors (Lipinski definition) is 4. The number of carbonyl (C=O) groups is 1. The Balaban J connectivity index is 1.11. The molecular weight excluding hydrogens is 661 g/mol. The summed E-state index contributed by atoms with van der Waals surface area (Å²) < 4.78 is 12.2. The third kappa shape index (κ3) is 8.51. The van der Waals surface area contributed by atoms with Gasteiger partial charge >= 0.3 is 6.03 Å². The predicted octanol–water partition coefficient (Wildman–Crippen LogP) is 9.30. The van der Waals surface area contributed by atoms with Crippen LogP contribution in [0.15, 0.2) is 60.0 Å². The molecule has 12 heteroatoms. The van der Waals surface area contributed by atoms with Crippen molar-refractivity contribution < 1.29 is 14.3 Å². The van der Waals surface area contributed by atoms with Crippen LogP contribution in [0, 0.1) is 12.8 Å². The monoisotopic (exact) mass is 706 g/mol. The van der Waals surface area contributed by atoms with E-state index in [1.54, 1.807) is 18.4 Å². The maximum atomic E-state index is 13.7. The number of urea groups is 1. The lowest BCUT2D eigenvalue weighted by atomic mass is 9.86. The van der Waals surface area contributed by atoms with E-state index in [9.17, 15) is 4.79 Å². The van der Waals surface area contributed by atoms with E-state index in [0.29, 0.717) is 40.6 Å². The van der Waals surface area contributed by atoms with Gasteiger partial charge in [0.25, 0.3) is 0 Å². The molecule has 1 aliphatic heterocycles. The van der Waals surface area contributed by atoms with Gasteiger partial charge in [-0.2, -0.15) is 4.98 Å². The van der Waals surface area contributed by atoms with Gasteiger partial charge in [-0.15, -0.1) is 11.3 Å². The lowest BCUT2D eigenvalue weighted by molar-refractivity contribution is 0.262. The van der Waals surface area contributed by atoms with Crippen molar-refractivity contribution in [2.75, 3.05) is 48.0 Å². The molecule has 1 saturated heterocycles. The van der Waals surface area contributed by atoms with Crippen molar-refractivity contribution in [3.63, 3.8) is 0 Å².